The van der Waals surface area contributed by atoms with E-state index in [0.29, 0.717) is 0 Å². The zero-order valence-corrected chi connectivity index (χ0v) is 17.1. The molecule has 1 nitrogen and oxygen atoms in total. The highest BCUT2D eigenvalue weighted by atomic mass is 35.5. The molecule has 0 aliphatic carbocycles. The molecule has 0 amide bonds. The van der Waals surface area contributed by atoms with Gasteiger partial charge in [0.15, 0.2) is 0 Å². The summed E-state index contributed by atoms with van der Waals surface area (Å²) in [4.78, 5) is 0. The van der Waals surface area contributed by atoms with Crippen molar-refractivity contribution < 1.29 is 0 Å². The van der Waals surface area contributed by atoms with Crippen LogP contribution in [0.1, 0.15) is 111 Å². The molecule has 1 N–H and O–H groups in total. The molecule has 0 rings (SSSR count). The standard InChI is InChI=1S/C21H43N.ClH/c1-5-7-8-9-10-11-12-13-14-15-16-17-18-19-20-22-21(3,4)6-2;/h6,22H,2,5,7-20H2,1,3-4H3;1H. The van der Waals surface area contributed by atoms with E-state index in [1.54, 1.807) is 0 Å². The van der Waals surface area contributed by atoms with E-state index in [0.717, 1.165) is 6.54 Å². The molecule has 0 aromatic carbocycles. The van der Waals surface area contributed by atoms with Gasteiger partial charge in [0.1, 0.15) is 0 Å². The number of hydrogen-bond donors (Lipinski definition) is 1. The topological polar surface area (TPSA) is 12.0 Å². The monoisotopic (exact) mass is 345 g/mol. The van der Waals surface area contributed by atoms with Crippen molar-refractivity contribution in [2.75, 3.05) is 6.54 Å². The van der Waals surface area contributed by atoms with Crippen LogP contribution in [0.25, 0.3) is 0 Å². The zero-order chi connectivity index (χ0) is 16.5. The van der Waals surface area contributed by atoms with Crippen LogP contribution in [0.4, 0.5) is 0 Å². The summed E-state index contributed by atoms with van der Waals surface area (Å²) < 4.78 is 0. The first-order chi connectivity index (χ1) is 10.6. The summed E-state index contributed by atoms with van der Waals surface area (Å²) in [6, 6.07) is 0. The van der Waals surface area contributed by atoms with Gasteiger partial charge < -0.3 is 5.32 Å². The Morgan fingerprint density at radius 2 is 1.04 bits per heavy atom. The Morgan fingerprint density at radius 1 is 0.696 bits per heavy atom. The SMILES string of the molecule is C=CC(C)(C)NCCCCCCCCCCCCCCCC.Cl. The molecule has 0 radical (unpaired) electrons. The lowest BCUT2D eigenvalue weighted by molar-refractivity contribution is 0.456. The fourth-order valence-electron chi connectivity index (χ4n) is 2.80. The van der Waals surface area contributed by atoms with E-state index in [9.17, 15) is 0 Å². The molecule has 0 aliphatic heterocycles. The predicted octanol–water partition coefficient (Wildman–Crippen LogP) is 7.44. The summed E-state index contributed by atoms with van der Waals surface area (Å²) in [5.74, 6) is 0. The third-order valence-corrected chi connectivity index (χ3v) is 4.62. The van der Waals surface area contributed by atoms with Crippen molar-refractivity contribution in [3.63, 3.8) is 0 Å². The summed E-state index contributed by atoms with van der Waals surface area (Å²) in [7, 11) is 0. The molecule has 23 heavy (non-hydrogen) atoms. The fraction of sp³-hybridized carbons (Fsp3) is 0.905. The van der Waals surface area contributed by atoms with Gasteiger partial charge in [-0.2, -0.15) is 0 Å². The maximum absolute atomic E-state index is 3.86. The molecule has 0 heterocycles. The van der Waals surface area contributed by atoms with Crippen LogP contribution in [0.3, 0.4) is 0 Å². The summed E-state index contributed by atoms with van der Waals surface area (Å²) >= 11 is 0. The van der Waals surface area contributed by atoms with E-state index < -0.39 is 0 Å². The molecule has 0 unspecified atom stereocenters. The van der Waals surface area contributed by atoms with Crippen molar-refractivity contribution in [3.8, 4) is 0 Å². The second kappa shape index (κ2) is 18.3. The minimum atomic E-state index is 0. The van der Waals surface area contributed by atoms with Gasteiger partial charge in [-0.15, -0.1) is 19.0 Å². The Bertz CT molecular complexity index is 238. The van der Waals surface area contributed by atoms with E-state index in [1.807, 2.05) is 6.08 Å². The van der Waals surface area contributed by atoms with E-state index in [-0.39, 0.29) is 17.9 Å². The number of hydrogen-bond acceptors (Lipinski definition) is 1. The van der Waals surface area contributed by atoms with Crippen molar-refractivity contribution in [1.29, 1.82) is 0 Å². The Labute approximate surface area is 153 Å². The summed E-state index contributed by atoms with van der Waals surface area (Å²) in [6.07, 6.45) is 22.0. The van der Waals surface area contributed by atoms with Gasteiger partial charge in [0, 0.05) is 5.54 Å². The van der Waals surface area contributed by atoms with Crippen molar-refractivity contribution in [3.05, 3.63) is 12.7 Å². The number of rotatable bonds is 17. The van der Waals surface area contributed by atoms with Gasteiger partial charge in [-0.1, -0.05) is 96.5 Å². The van der Waals surface area contributed by atoms with E-state index in [1.165, 1.54) is 89.9 Å². The van der Waals surface area contributed by atoms with Gasteiger partial charge in [-0.05, 0) is 26.8 Å². The third kappa shape index (κ3) is 19.9. The molecule has 0 aromatic heterocycles. The zero-order valence-electron chi connectivity index (χ0n) is 16.3. The predicted molar refractivity (Wildman–Crippen MR) is 110 cm³/mol. The highest BCUT2D eigenvalue weighted by molar-refractivity contribution is 5.85. The summed E-state index contributed by atoms with van der Waals surface area (Å²) in [5, 5.41) is 3.53. The van der Waals surface area contributed by atoms with Gasteiger partial charge in [0.05, 0.1) is 0 Å². The van der Waals surface area contributed by atoms with Crippen molar-refractivity contribution >= 4 is 12.4 Å². The highest BCUT2D eigenvalue weighted by Crippen LogP contribution is 2.13. The lowest BCUT2D eigenvalue weighted by Crippen LogP contribution is -2.37. The maximum atomic E-state index is 3.86. The Kier molecular flexibility index (Phi) is 20.1. The Morgan fingerprint density at radius 3 is 1.39 bits per heavy atom. The normalized spacial score (nSPS) is 11.3. The third-order valence-electron chi connectivity index (χ3n) is 4.62. The van der Waals surface area contributed by atoms with Crippen molar-refractivity contribution in [1.82, 2.24) is 5.32 Å². The van der Waals surface area contributed by atoms with Crippen molar-refractivity contribution in [2.45, 2.75) is 116 Å². The van der Waals surface area contributed by atoms with Crippen LogP contribution < -0.4 is 5.32 Å². The van der Waals surface area contributed by atoms with Gasteiger partial charge in [-0.3, -0.25) is 0 Å². The molecule has 0 atom stereocenters. The summed E-state index contributed by atoms with van der Waals surface area (Å²) in [5.41, 5.74) is 0.0938. The number of unbranched alkanes of at least 4 members (excludes halogenated alkanes) is 13. The molecule has 140 valence electrons. The minimum absolute atomic E-state index is 0. The first-order valence-corrected chi connectivity index (χ1v) is 10.0. The molecular formula is C21H44ClN. The Hall–Kier alpha value is -0.0100. The lowest BCUT2D eigenvalue weighted by atomic mass is 10.0. The number of nitrogens with one attached hydrogen (secondary N) is 1. The van der Waals surface area contributed by atoms with Crippen LogP contribution in [0.2, 0.25) is 0 Å². The summed E-state index contributed by atoms with van der Waals surface area (Å²) in [6.45, 7) is 11.6. The van der Waals surface area contributed by atoms with Crippen LogP contribution in [-0.2, 0) is 0 Å². The minimum Gasteiger partial charge on any atom is -0.308 e. The molecule has 0 fully saturated rings. The first-order valence-electron chi connectivity index (χ1n) is 10.0. The molecule has 0 aliphatic rings. The second-order valence-corrected chi connectivity index (χ2v) is 7.45. The number of halogens is 1. The fourth-order valence-corrected chi connectivity index (χ4v) is 2.80. The van der Waals surface area contributed by atoms with Gasteiger partial charge >= 0.3 is 0 Å². The smallest absolute Gasteiger partial charge is 0.0304 e. The lowest BCUT2D eigenvalue weighted by Gasteiger charge is -2.21. The first kappa shape index (κ1) is 25.2. The largest absolute Gasteiger partial charge is 0.308 e. The molecule has 0 aromatic rings. The van der Waals surface area contributed by atoms with Crippen LogP contribution >= 0.6 is 12.4 Å². The van der Waals surface area contributed by atoms with E-state index in [4.69, 9.17) is 0 Å². The van der Waals surface area contributed by atoms with Crippen LogP contribution in [0, 0.1) is 0 Å². The average Bonchev–Trinajstić information content (AvgIpc) is 2.51. The molecule has 0 saturated carbocycles. The highest BCUT2D eigenvalue weighted by Gasteiger charge is 2.09. The molecule has 2 heteroatoms. The van der Waals surface area contributed by atoms with Crippen LogP contribution in [0.5, 0.6) is 0 Å². The van der Waals surface area contributed by atoms with Gasteiger partial charge in [-0.25, -0.2) is 0 Å². The van der Waals surface area contributed by atoms with Gasteiger partial charge in [0.2, 0.25) is 0 Å². The quantitative estimate of drug-likeness (QED) is 0.213. The molecule has 0 bridgehead atoms. The van der Waals surface area contributed by atoms with Gasteiger partial charge in [0.25, 0.3) is 0 Å². The molecule has 0 spiro atoms. The second-order valence-electron chi connectivity index (χ2n) is 7.45. The maximum Gasteiger partial charge on any atom is 0.0304 e. The van der Waals surface area contributed by atoms with Crippen LogP contribution in [0.15, 0.2) is 12.7 Å². The van der Waals surface area contributed by atoms with E-state index >= 15 is 0 Å². The van der Waals surface area contributed by atoms with Crippen LogP contribution in [-0.4, -0.2) is 12.1 Å². The average molecular weight is 346 g/mol. The Balaban J connectivity index is 0. The molecular weight excluding hydrogens is 302 g/mol. The van der Waals surface area contributed by atoms with E-state index in [2.05, 4.69) is 32.7 Å². The van der Waals surface area contributed by atoms with Crippen molar-refractivity contribution in [2.24, 2.45) is 0 Å². The molecule has 0 saturated heterocycles.